The van der Waals surface area contributed by atoms with Crippen molar-refractivity contribution in [2.45, 2.75) is 78.1 Å². The molecule has 38 heavy (non-hydrogen) atoms. The number of aliphatic hydroxyl groups excluding tert-OH is 1. The van der Waals surface area contributed by atoms with Crippen molar-refractivity contribution < 1.29 is 19.1 Å². The number of rotatable bonds is 8. The van der Waals surface area contributed by atoms with Gasteiger partial charge in [-0.05, 0) is 46.0 Å². The van der Waals surface area contributed by atoms with Crippen LogP contribution in [-0.2, 0) is 14.0 Å². The quantitative estimate of drug-likeness (QED) is 0.267. The molecular formula is C33H46O4Si. The Hall–Kier alpha value is -2.21. The molecule has 1 N–H and O–H groups in total. The molecular weight excluding hydrogens is 488 g/mol. The van der Waals surface area contributed by atoms with Gasteiger partial charge < -0.3 is 14.3 Å². The maximum atomic E-state index is 13.1. The second kappa shape index (κ2) is 11.9. The lowest BCUT2D eigenvalue weighted by Gasteiger charge is -2.51. The Bertz CT molecular complexity index is 1040. The van der Waals surface area contributed by atoms with Crippen LogP contribution in [0, 0.1) is 29.6 Å². The van der Waals surface area contributed by atoms with Gasteiger partial charge in [-0.3, -0.25) is 4.79 Å². The number of hydrogen-bond acceptors (Lipinski definition) is 4. The van der Waals surface area contributed by atoms with Crippen LogP contribution in [0.4, 0.5) is 0 Å². The Morgan fingerprint density at radius 3 is 2.08 bits per heavy atom. The minimum absolute atomic E-state index is 0.0605. The summed E-state index contributed by atoms with van der Waals surface area (Å²) in [6.45, 7) is 13.1. The molecule has 2 aromatic rings. The smallest absolute Gasteiger partial charge is 0.308 e. The van der Waals surface area contributed by atoms with Gasteiger partial charge in [-0.25, -0.2) is 0 Å². The summed E-state index contributed by atoms with van der Waals surface area (Å²) in [5.41, 5.74) is 0. The van der Waals surface area contributed by atoms with Gasteiger partial charge in [0.15, 0.2) is 0 Å². The second-order valence-electron chi connectivity index (χ2n) is 12.5. The van der Waals surface area contributed by atoms with E-state index in [4.69, 9.17) is 9.16 Å². The van der Waals surface area contributed by atoms with Gasteiger partial charge >= 0.3 is 5.97 Å². The summed E-state index contributed by atoms with van der Waals surface area (Å²) in [7, 11) is -2.74. The Balaban J connectivity index is 1.76. The highest BCUT2D eigenvalue weighted by molar-refractivity contribution is 6.99. The molecule has 5 heteroatoms. The molecule has 1 fully saturated rings. The van der Waals surface area contributed by atoms with Crippen molar-refractivity contribution in [2.75, 3.05) is 6.61 Å². The van der Waals surface area contributed by atoms with E-state index in [1.54, 1.807) is 0 Å². The average molecular weight is 535 g/mol. The van der Waals surface area contributed by atoms with E-state index < -0.39 is 8.32 Å². The van der Waals surface area contributed by atoms with Crippen LogP contribution in [0.3, 0.4) is 0 Å². The summed E-state index contributed by atoms with van der Waals surface area (Å²) in [4.78, 5) is 13.1. The van der Waals surface area contributed by atoms with E-state index in [2.05, 4.69) is 101 Å². The average Bonchev–Trinajstić information content (AvgIpc) is 2.91. The molecule has 4 nitrogen and oxygen atoms in total. The first-order chi connectivity index (χ1) is 18.1. The molecule has 4 rings (SSSR count). The van der Waals surface area contributed by atoms with Crippen LogP contribution in [0.1, 0.15) is 60.8 Å². The summed E-state index contributed by atoms with van der Waals surface area (Å²) in [5.74, 6) is 0.354. The molecule has 0 radical (unpaired) electrons. The van der Waals surface area contributed by atoms with Crippen LogP contribution in [0.2, 0.25) is 5.04 Å². The van der Waals surface area contributed by atoms with Gasteiger partial charge in [0.2, 0.25) is 0 Å². The minimum atomic E-state index is -2.74. The zero-order valence-corrected chi connectivity index (χ0v) is 25.0. The molecule has 0 aromatic heterocycles. The highest BCUT2D eigenvalue weighted by Gasteiger charge is 2.54. The first-order valence-corrected chi connectivity index (χ1v) is 16.3. The van der Waals surface area contributed by atoms with Gasteiger partial charge in [0, 0.05) is 25.0 Å². The molecule has 2 aliphatic rings. The molecule has 2 aliphatic carbocycles. The number of hydrogen-bond donors (Lipinski definition) is 1. The summed E-state index contributed by atoms with van der Waals surface area (Å²) >= 11 is 0. The van der Waals surface area contributed by atoms with Gasteiger partial charge in [0.05, 0.1) is 5.92 Å². The fraction of sp³-hybridized carbons (Fsp3) is 0.545. The van der Waals surface area contributed by atoms with E-state index in [-0.39, 0.29) is 59.4 Å². The Labute approximate surface area is 230 Å². The van der Waals surface area contributed by atoms with E-state index in [1.807, 2.05) is 13.8 Å². The van der Waals surface area contributed by atoms with Crippen LogP contribution in [0.15, 0.2) is 72.8 Å². The molecule has 0 amide bonds. The summed E-state index contributed by atoms with van der Waals surface area (Å²) in [6, 6.07) is 21.5. The molecule has 0 saturated heterocycles. The summed E-state index contributed by atoms with van der Waals surface area (Å²) in [5, 5.41) is 12.8. The van der Waals surface area contributed by atoms with Crippen molar-refractivity contribution in [3.8, 4) is 0 Å². The third-order valence-corrected chi connectivity index (χ3v) is 14.1. The topological polar surface area (TPSA) is 55.8 Å². The van der Waals surface area contributed by atoms with Crippen LogP contribution >= 0.6 is 0 Å². The van der Waals surface area contributed by atoms with Crippen LogP contribution in [0.5, 0.6) is 0 Å². The summed E-state index contributed by atoms with van der Waals surface area (Å²) in [6.07, 6.45) is 6.48. The molecule has 0 bridgehead atoms. The lowest BCUT2D eigenvalue weighted by molar-refractivity contribution is -0.166. The molecule has 3 unspecified atom stereocenters. The number of esters is 1. The zero-order chi connectivity index (χ0) is 27.5. The van der Waals surface area contributed by atoms with Gasteiger partial charge in [0.1, 0.15) is 6.10 Å². The van der Waals surface area contributed by atoms with Gasteiger partial charge in [-0.1, -0.05) is 114 Å². The highest BCUT2D eigenvalue weighted by Crippen LogP contribution is 2.47. The van der Waals surface area contributed by atoms with Crippen molar-refractivity contribution in [3.05, 3.63) is 72.8 Å². The van der Waals surface area contributed by atoms with Gasteiger partial charge in [-0.15, -0.1) is 0 Å². The summed E-state index contributed by atoms with van der Waals surface area (Å²) < 4.78 is 13.8. The predicted molar refractivity (Wildman–Crippen MR) is 157 cm³/mol. The zero-order valence-electron chi connectivity index (χ0n) is 24.0. The standard InChI is InChI=1S/C33H46O4Si/c1-7-23(2)32(35)36-30-21-26(20-25-19-18-24(3)29(22-34)31(25)30)37-38(33(4,5)6,27-14-10-8-11-15-27)28-16-12-9-13-17-28/h8-19,23-26,29-31,34H,7,20-22H2,1-6H3/t23-,24-,25?,26+,29-,30?,31?/m0/s1. The van der Waals surface area contributed by atoms with E-state index in [0.717, 1.165) is 12.8 Å². The molecule has 0 spiro atoms. The number of carbonyl (C=O) groups is 1. The van der Waals surface area contributed by atoms with Crippen LogP contribution in [0.25, 0.3) is 0 Å². The Morgan fingerprint density at radius 2 is 1.58 bits per heavy atom. The monoisotopic (exact) mass is 534 g/mol. The van der Waals surface area contributed by atoms with Crippen molar-refractivity contribution in [2.24, 2.45) is 29.6 Å². The molecule has 1 saturated carbocycles. The fourth-order valence-corrected chi connectivity index (χ4v) is 11.5. The van der Waals surface area contributed by atoms with E-state index in [1.165, 1.54) is 10.4 Å². The number of benzene rings is 2. The number of fused-ring (bicyclic) bond motifs is 1. The van der Waals surface area contributed by atoms with Crippen molar-refractivity contribution in [1.82, 2.24) is 0 Å². The fourth-order valence-electron chi connectivity index (χ4n) is 6.74. The largest absolute Gasteiger partial charge is 0.462 e. The van der Waals surface area contributed by atoms with Crippen molar-refractivity contribution in [1.29, 1.82) is 0 Å². The molecule has 7 atom stereocenters. The SMILES string of the molecule is CC[C@H](C)C(=O)OC1C[C@H](O[Si](c2ccccc2)(c2ccccc2)C(C)(C)C)CC2C=C[C@H](C)[C@H](CO)C21. The molecule has 0 aliphatic heterocycles. The Kier molecular flexibility index (Phi) is 9.01. The van der Waals surface area contributed by atoms with Crippen LogP contribution < -0.4 is 10.4 Å². The number of allylic oxidation sites excluding steroid dienone is 2. The third-order valence-electron chi connectivity index (χ3n) is 9.04. The number of aliphatic hydroxyl groups is 1. The first-order valence-electron chi connectivity index (χ1n) is 14.4. The van der Waals surface area contributed by atoms with Crippen molar-refractivity contribution in [3.63, 3.8) is 0 Å². The van der Waals surface area contributed by atoms with Crippen molar-refractivity contribution >= 4 is 24.7 Å². The molecule has 0 heterocycles. The highest BCUT2D eigenvalue weighted by atomic mass is 28.4. The maximum Gasteiger partial charge on any atom is 0.308 e. The molecule has 2 aromatic carbocycles. The third kappa shape index (κ3) is 5.57. The normalized spacial score (nSPS) is 28.4. The lowest BCUT2D eigenvalue weighted by Crippen LogP contribution is -2.68. The lowest BCUT2D eigenvalue weighted by atomic mass is 9.63. The van der Waals surface area contributed by atoms with Crippen LogP contribution in [-0.4, -0.2) is 38.2 Å². The van der Waals surface area contributed by atoms with E-state index in [0.29, 0.717) is 6.42 Å². The second-order valence-corrected chi connectivity index (χ2v) is 16.7. The van der Waals surface area contributed by atoms with Gasteiger partial charge in [-0.2, -0.15) is 0 Å². The predicted octanol–water partition coefficient (Wildman–Crippen LogP) is 5.73. The van der Waals surface area contributed by atoms with Gasteiger partial charge in [0.25, 0.3) is 8.32 Å². The molecule has 206 valence electrons. The van der Waals surface area contributed by atoms with E-state index >= 15 is 0 Å². The number of ether oxygens (including phenoxy) is 1. The van der Waals surface area contributed by atoms with E-state index in [9.17, 15) is 9.90 Å². The minimum Gasteiger partial charge on any atom is -0.462 e. The Morgan fingerprint density at radius 1 is 1.00 bits per heavy atom. The number of carbonyl (C=O) groups excluding carboxylic acids is 1. The first kappa shape index (κ1) is 28.8. The maximum absolute atomic E-state index is 13.1.